The fraction of sp³-hybridized carbons (Fsp3) is 0.615. The molecule has 1 N–H and O–H groups in total. The van der Waals surface area contributed by atoms with Gasteiger partial charge in [0.25, 0.3) is 0 Å². The van der Waals surface area contributed by atoms with Crippen LogP contribution in [0.5, 0.6) is 0 Å². The molecule has 1 unspecified atom stereocenters. The zero-order valence-electron chi connectivity index (χ0n) is 12.9. The van der Waals surface area contributed by atoms with Crippen LogP contribution < -0.4 is 0 Å². The maximum Gasteiger partial charge on any atom is 0.326 e. The molecule has 2 amide bonds. The monoisotopic (exact) mass is 338 g/mol. The summed E-state index contributed by atoms with van der Waals surface area (Å²) in [5, 5.41) is 15.3. The first-order chi connectivity index (χ1) is 10.9. The number of azide groups is 1. The van der Waals surface area contributed by atoms with Gasteiger partial charge >= 0.3 is 12.0 Å². The smallest absolute Gasteiger partial charge is 0.326 e. The van der Waals surface area contributed by atoms with Crippen LogP contribution in [0.15, 0.2) is 10.5 Å². The molecule has 124 valence electrons. The molecule has 1 atom stereocenters. The number of hydrogen-bond donors (Lipinski definition) is 1. The van der Waals surface area contributed by atoms with Crippen molar-refractivity contribution in [1.82, 2.24) is 14.8 Å². The van der Waals surface area contributed by atoms with Gasteiger partial charge in [-0.2, -0.15) is 0 Å². The fourth-order valence-corrected chi connectivity index (χ4v) is 3.27. The number of carbonyl (C=O) groups excluding carboxylic acids is 1. The second-order valence-corrected chi connectivity index (χ2v) is 6.49. The third-order valence-corrected chi connectivity index (χ3v) is 4.45. The second-order valence-electron chi connectivity index (χ2n) is 5.55. The van der Waals surface area contributed by atoms with Crippen LogP contribution in [-0.2, 0) is 17.9 Å². The van der Waals surface area contributed by atoms with E-state index >= 15 is 0 Å². The molecule has 0 aromatic carbocycles. The highest BCUT2D eigenvalue weighted by Gasteiger charge is 2.38. The number of carboxylic acid groups (broad SMARTS) is 1. The molecule has 2 heterocycles. The van der Waals surface area contributed by atoms with Gasteiger partial charge in [0.2, 0.25) is 0 Å². The van der Waals surface area contributed by atoms with E-state index in [-0.39, 0.29) is 18.5 Å². The molecule has 1 saturated heterocycles. The number of carbonyl (C=O) groups is 2. The highest BCUT2D eigenvalue weighted by Crippen LogP contribution is 2.21. The van der Waals surface area contributed by atoms with Gasteiger partial charge in [0.05, 0.1) is 23.8 Å². The lowest BCUT2D eigenvalue weighted by atomic mass is 10.0. The summed E-state index contributed by atoms with van der Waals surface area (Å²) >= 11 is 1.37. The number of urea groups is 1. The van der Waals surface area contributed by atoms with Crippen molar-refractivity contribution < 1.29 is 14.7 Å². The summed E-state index contributed by atoms with van der Waals surface area (Å²) in [4.78, 5) is 33.8. The van der Waals surface area contributed by atoms with Crippen LogP contribution >= 0.6 is 11.3 Å². The largest absolute Gasteiger partial charge is 0.480 e. The van der Waals surface area contributed by atoms with Gasteiger partial charge in [-0.25, -0.2) is 14.6 Å². The zero-order valence-corrected chi connectivity index (χ0v) is 13.7. The standard InChI is InChI=1S/C13H18N6O3S/c1-8(2)11(12(20)21)19-4-3-18(13(19)22)6-9-7-23-10(16-9)5-15-17-14/h7-8,11H,3-6H2,1-2H3,(H,20,21). The Bertz CT molecular complexity index is 639. The van der Waals surface area contributed by atoms with E-state index in [1.165, 1.54) is 16.2 Å². The number of hydrogen-bond acceptors (Lipinski definition) is 5. The molecule has 2 rings (SSSR count). The van der Waals surface area contributed by atoms with Crippen LogP contribution in [-0.4, -0.2) is 51.0 Å². The summed E-state index contributed by atoms with van der Waals surface area (Å²) in [6.07, 6.45) is 0. The molecule has 0 spiro atoms. The summed E-state index contributed by atoms with van der Waals surface area (Å²) in [6, 6.07) is -1.10. The summed E-state index contributed by atoms with van der Waals surface area (Å²) in [5.41, 5.74) is 9.01. The Kier molecular flexibility index (Phi) is 5.41. The SMILES string of the molecule is CC(C)C(C(=O)O)N1CCN(Cc2csc(CN=[N+]=[N-])n2)C1=O. The highest BCUT2D eigenvalue weighted by atomic mass is 32.1. The molecule has 1 fully saturated rings. The normalized spacial score (nSPS) is 15.9. The van der Waals surface area contributed by atoms with E-state index in [1.807, 2.05) is 5.38 Å². The topological polar surface area (TPSA) is 122 Å². The first kappa shape index (κ1) is 17.0. The van der Waals surface area contributed by atoms with Crippen molar-refractivity contribution in [2.24, 2.45) is 11.0 Å². The Balaban J connectivity index is 2.03. The number of aliphatic carboxylic acids is 1. The lowest BCUT2D eigenvalue weighted by molar-refractivity contribution is -0.143. The van der Waals surface area contributed by atoms with Crippen LogP contribution in [0.4, 0.5) is 4.79 Å². The highest BCUT2D eigenvalue weighted by molar-refractivity contribution is 7.09. The fourth-order valence-electron chi connectivity index (χ4n) is 2.57. The Labute approximate surface area is 137 Å². The van der Waals surface area contributed by atoms with Gasteiger partial charge in [0.15, 0.2) is 0 Å². The molecule has 0 aliphatic carbocycles. The maximum absolute atomic E-state index is 12.4. The number of aromatic nitrogens is 1. The Morgan fingerprint density at radius 2 is 2.30 bits per heavy atom. The van der Waals surface area contributed by atoms with Crippen molar-refractivity contribution in [1.29, 1.82) is 0 Å². The summed E-state index contributed by atoms with van der Waals surface area (Å²) in [5.74, 6) is -1.15. The molecule has 10 heteroatoms. The third kappa shape index (κ3) is 3.91. The minimum atomic E-state index is -0.986. The molecule has 1 aromatic rings. The Morgan fingerprint density at radius 3 is 2.91 bits per heavy atom. The average molecular weight is 338 g/mol. The molecular weight excluding hydrogens is 320 g/mol. The van der Waals surface area contributed by atoms with Crippen molar-refractivity contribution in [3.8, 4) is 0 Å². The van der Waals surface area contributed by atoms with E-state index in [2.05, 4.69) is 15.0 Å². The van der Waals surface area contributed by atoms with Crippen LogP contribution in [0.1, 0.15) is 24.5 Å². The van der Waals surface area contributed by atoms with Gasteiger partial charge in [0.1, 0.15) is 6.04 Å². The minimum Gasteiger partial charge on any atom is -0.480 e. The van der Waals surface area contributed by atoms with Gasteiger partial charge < -0.3 is 14.9 Å². The molecule has 1 aliphatic rings. The number of nitrogens with zero attached hydrogens (tertiary/aromatic N) is 6. The lowest BCUT2D eigenvalue weighted by Gasteiger charge is -2.27. The van der Waals surface area contributed by atoms with Crippen LogP contribution in [0.25, 0.3) is 10.4 Å². The third-order valence-electron chi connectivity index (χ3n) is 3.57. The van der Waals surface area contributed by atoms with E-state index in [0.29, 0.717) is 30.3 Å². The van der Waals surface area contributed by atoms with Gasteiger partial charge in [-0.3, -0.25) is 0 Å². The number of carboxylic acids is 1. The first-order valence-corrected chi connectivity index (χ1v) is 8.04. The van der Waals surface area contributed by atoms with Crippen molar-refractivity contribution in [3.05, 3.63) is 26.5 Å². The summed E-state index contributed by atoms with van der Waals surface area (Å²) < 4.78 is 0. The van der Waals surface area contributed by atoms with E-state index in [0.717, 1.165) is 0 Å². The van der Waals surface area contributed by atoms with E-state index in [4.69, 9.17) is 5.53 Å². The molecule has 23 heavy (non-hydrogen) atoms. The molecular formula is C13H18N6O3S. The van der Waals surface area contributed by atoms with E-state index in [9.17, 15) is 14.7 Å². The van der Waals surface area contributed by atoms with Crippen LogP contribution in [0.3, 0.4) is 0 Å². The molecule has 0 radical (unpaired) electrons. The van der Waals surface area contributed by atoms with Crippen LogP contribution in [0.2, 0.25) is 0 Å². The van der Waals surface area contributed by atoms with Gasteiger partial charge in [-0.1, -0.05) is 19.0 Å². The second kappa shape index (κ2) is 7.30. The predicted molar refractivity (Wildman–Crippen MR) is 83.7 cm³/mol. The average Bonchev–Trinajstić information content (AvgIpc) is 3.06. The zero-order chi connectivity index (χ0) is 17.0. The molecule has 1 aliphatic heterocycles. The Morgan fingerprint density at radius 1 is 1.57 bits per heavy atom. The number of amides is 2. The van der Waals surface area contributed by atoms with Gasteiger partial charge in [-0.05, 0) is 11.4 Å². The number of thiazole rings is 1. The van der Waals surface area contributed by atoms with Crippen LogP contribution in [0, 0.1) is 5.92 Å². The quantitative estimate of drug-likeness (QED) is 0.465. The van der Waals surface area contributed by atoms with Crippen molar-refractivity contribution in [2.45, 2.75) is 33.0 Å². The molecule has 1 aromatic heterocycles. The lowest BCUT2D eigenvalue weighted by Crippen LogP contribution is -2.46. The first-order valence-electron chi connectivity index (χ1n) is 7.16. The van der Waals surface area contributed by atoms with Crippen molar-refractivity contribution in [2.75, 3.05) is 13.1 Å². The summed E-state index contributed by atoms with van der Waals surface area (Å²) in [7, 11) is 0. The Hall–Kier alpha value is -2.32. The number of rotatable bonds is 7. The summed E-state index contributed by atoms with van der Waals surface area (Å²) in [6.45, 7) is 4.96. The van der Waals surface area contributed by atoms with E-state index < -0.39 is 12.0 Å². The maximum atomic E-state index is 12.4. The minimum absolute atomic E-state index is 0.161. The molecule has 0 saturated carbocycles. The predicted octanol–water partition coefficient (Wildman–Crippen LogP) is 2.30. The van der Waals surface area contributed by atoms with Crippen molar-refractivity contribution >= 4 is 23.3 Å². The van der Waals surface area contributed by atoms with E-state index in [1.54, 1.807) is 18.7 Å². The van der Waals surface area contributed by atoms with Gasteiger partial charge in [0, 0.05) is 23.4 Å². The van der Waals surface area contributed by atoms with Crippen molar-refractivity contribution in [3.63, 3.8) is 0 Å². The molecule has 9 nitrogen and oxygen atoms in total. The van der Waals surface area contributed by atoms with Gasteiger partial charge in [-0.15, -0.1) is 11.3 Å². The molecule has 0 bridgehead atoms.